The molecule has 0 saturated heterocycles. The maximum atomic E-state index is 6.42. The Bertz CT molecular complexity index is 525. The topological polar surface area (TPSA) is 12.9 Å². The largest absolute Gasteiger partial charge is 0.269 e. The maximum Gasteiger partial charge on any atom is 0.0720 e. The predicted octanol–water partition coefficient (Wildman–Crippen LogP) is 3.92. The fourth-order valence-electron chi connectivity index (χ4n) is 2.31. The van der Waals surface area contributed by atoms with E-state index < -0.39 is 0 Å². The molecule has 0 spiro atoms. The van der Waals surface area contributed by atoms with Gasteiger partial charge >= 0.3 is 0 Å². The Labute approximate surface area is 98.8 Å². The minimum absolute atomic E-state index is 0. The Kier molecular flexibility index (Phi) is 3.10. The lowest BCUT2D eigenvalue weighted by molar-refractivity contribution is 0.671. The zero-order chi connectivity index (χ0) is 10.3. The molecule has 1 heterocycles. The highest BCUT2D eigenvalue weighted by Crippen LogP contribution is 2.32. The highest BCUT2D eigenvalue weighted by atomic mass is 35.5. The molecule has 0 radical (unpaired) electrons. The number of hydrogen-bond donors (Lipinski definition) is 0. The minimum atomic E-state index is 0. The van der Waals surface area contributed by atoms with Gasteiger partial charge in [0.1, 0.15) is 0 Å². The predicted molar refractivity (Wildman–Crippen MR) is 65.9 cm³/mol. The monoisotopic (exact) mass is 237 g/mol. The third-order valence-corrected chi connectivity index (χ3v) is 3.53. The van der Waals surface area contributed by atoms with E-state index in [0.717, 1.165) is 28.8 Å². The Morgan fingerprint density at radius 2 is 1.81 bits per heavy atom. The van der Waals surface area contributed by atoms with Crippen molar-refractivity contribution in [2.75, 3.05) is 0 Å². The van der Waals surface area contributed by atoms with Crippen LogP contribution < -0.4 is 0 Å². The van der Waals surface area contributed by atoms with Crippen LogP contribution in [0.2, 0.25) is 5.02 Å². The highest BCUT2D eigenvalue weighted by Gasteiger charge is 2.16. The quantitative estimate of drug-likeness (QED) is 0.677. The Morgan fingerprint density at radius 3 is 2.69 bits per heavy atom. The second-order valence-electron chi connectivity index (χ2n) is 4.08. The van der Waals surface area contributed by atoms with Gasteiger partial charge in [-0.25, -0.2) is 0 Å². The molecule has 0 unspecified atom stereocenters. The molecule has 1 aromatic heterocycles. The Morgan fingerprint density at radius 1 is 1.06 bits per heavy atom. The van der Waals surface area contributed by atoms with Gasteiger partial charge in [-0.3, -0.25) is 9.69 Å². The minimum Gasteiger partial charge on any atom is -0.269 e. The molecule has 0 saturated carbocycles. The van der Waals surface area contributed by atoms with Gasteiger partial charge in [0.2, 0.25) is 0 Å². The maximum absolute atomic E-state index is 6.42. The van der Waals surface area contributed by atoms with Crippen molar-refractivity contribution in [3.8, 4) is 0 Å². The number of rotatable bonds is 0. The molecular weight excluding hydrogens is 225 g/mol. The van der Waals surface area contributed by atoms with Gasteiger partial charge in [-0.2, -0.15) is 0 Å². The van der Waals surface area contributed by atoms with Gasteiger partial charge in [-0.1, -0.05) is 29.8 Å². The number of benzene rings is 1. The van der Waals surface area contributed by atoms with Crippen molar-refractivity contribution in [2.24, 2.45) is 0 Å². The number of para-hydroxylation sites is 1. The first-order chi connectivity index (χ1) is 7.36. The molecule has 0 amide bonds. The van der Waals surface area contributed by atoms with Crippen molar-refractivity contribution in [3.63, 3.8) is 0 Å². The number of aryl methyl sites for hydroxylation is 1. The number of hydrogen-bond acceptors (Lipinski definition) is 1. The van der Waals surface area contributed by atoms with E-state index in [9.17, 15) is 0 Å². The Balaban J connectivity index is 0.000000963. The molecule has 1 nitrogen and oxygen atoms in total. The van der Waals surface area contributed by atoms with Crippen LogP contribution in [0.4, 0.5) is 4.70 Å². The van der Waals surface area contributed by atoms with E-state index in [1.807, 2.05) is 18.2 Å². The standard InChI is InChI=1S/C13H12ClN.FH/c14-13-9-5-1-3-7-11(9)15-12-8-4-2-6-10(12)13;/h1,3,5,7H,2,4,6,8H2;1H. The normalized spacial score (nSPS) is 14.3. The molecule has 1 aromatic carbocycles. The van der Waals surface area contributed by atoms with Gasteiger partial charge < -0.3 is 0 Å². The SMILES string of the molecule is Clc1c2c(nc3ccccc13)CCCC2.F. The average Bonchev–Trinajstić information content (AvgIpc) is 2.30. The van der Waals surface area contributed by atoms with Crippen molar-refractivity contribution < 1.29 is 4.70 Å². The van der Waals surface area contributed by atoms with E-state index in [2.05, 4.69) is 6.07 Å². The lowest BCUT2D eigenvalue weighted by Gasteiger charge is -2.17. The fraction of sp³-hybridized carbons (Fsp3) is 0.308. The lowest BCUT2D eigenvalue weighted by atomic mass is 9.94. The van der Waals surface area contributed by atoms with Crippen LogP contribution >= 0.6 is 11.6 Å². The number of pyridine rings is 1. The summed E-state index contributed by atoms with van der Waals surface area (Å²) < 4.78 is 0. The number of halogens is 2. The third-order valence-electron chi connectivity index (χ3n) is 3.10. The summed E-state index contributed by atoms with van der Waals surface area (Å²) in [6.45, 7) is 0. The molecule has 1 aliphatic rings. The van der Waals surface area contributed by atoms with E-state index in [1.165, 1.54) is 24.1 Å². The molecule has 16 heavy (non-hydrogen) atoms. The van der Waals surface area contributed by atoms with E-state index in [-0.39, 0.29) is 4.70 Å². The smallest absolute Gasteiger partial charge is 0.0720 e. The molecule has 2 aromatic rings. The van der Waals surface area contributed by atoms with Crippen molar-refractivity contribution in [3.05, 3.63) is 40.5 Å². The average molecular weight is 238 g/mol. The summed E-state index contributed by atoms with van der Waals surface area (Å²) in [5, 5.41) is 2.02. The first-order valence-corrected chi connectivity index (χ1v) is 5.80. The summed E-state index contributed by atoms with van der Waals surface area (Å²) in [6, 6.07) is 8.13. The molecule has 0 atom stereocenters. The van der Waals surface area contributed by atoms with E-state index in [1.54, 1.807) is 0 Å². The van der Waals surface area contributed by atoms with Crippen LogP contribution in [0.1, 0.15) is 24.1 Å². The summed E-state index contributed by atoms with van der Waals surface area (Å²) in [6.07, 6.45) is 4.66. The van der Waals surface area contributed by atoms with Crippen molar-refractivity contribution >= 4 is 22.5 Å². The number of fused-ring (bicyclic) bond motifs is 2. The molecule has 1 aliphatic carbocycles. The summed E-state index contributed by atoms with van der Waals surface area (Å²) >= 11 is 6.42. The van der Waals surface area contributed by atoms with Gasteiger partial charge in [-0.05, 0) is 37.3 Å². The second kappa shape index (κ2) is 4.38. The zero-order valence-corrected chi connectivity index (χ0v) is 9.63. The second-order valence-corrected chi connectivity index (χ2v) is 4.45. The number of aromatic nitrogens is 1. The highest BCUT2D eigenvalue weighted by molar-refractivity contribution is 6.36. The molecule has 0 aliphatic heterocycles. The molecular formula is C13H13ClFN. The van der Waals surface area contributed by atoms with Crippen LogP contribution in [0.15, 0.2) is 24.3 Å². The molecule has 3 heteroatoms. The van der Waals surface area contributed by atoms with Gasteiger partial charge in [-0.15, -0.1) is 0 Å². The first kappa shape index (κ1) is 11.3. The summed E-state index contributed by atoms with van der Waals surface area (Å²) in [5.41, 5.74) is 3.52. The molecule has 84 valence electrons. The third kappa shape index (κ3) is 1.67. The van der Waals surface area contributed by atoms with E-state index >= 15 is 0 Å². The molecule has 0 N–H and O–H groups in total. The van der Waals surface area contributed by atoms with Crippen LogP contribution in [0.5, 0.6) is 0 Å². The fourth-order valence-corrected chi connectivity index (χ4v) is 2.68. The lowest BCUT2D eigenvalue weighted by Crippen LogP contribution is -2.06. The van der Waals surface area contributed by atoms with Crippen LogP contribution in [-0.4, -0.2) is 4.98 Å². The van der Waals surface area contributed by atoms with Gasteiger partial charge in [0.05, 0.1) is 10.5 Å². The van der Waals surface area contributed by atoms with Crippen LogP contribution in [0, 0.1) is 0 Å². The zero-order valence-electron chi connectivity index (χ0n) is 8.87. The molecule has 3 rings (SSSR count). The van der Waals surface area contributed by atoms with E-state index in [4.69, 9.17) is 16.6 Å². The molecule has 0 bridgehead atoms. The van der Waals surface area contributed by atoms with E-state index in [0.29, 0.717) is 0 Å². The van der Waals surface area contributed by atoms with Gasteiger partial charge in [0, 0.05) is 11.1 Å². The summed E-state index contributed by atoms with van der Waals surface area (Å²) in [7, 11) is 0. The Hall–Kier alpha value is -1.15. The summed E-state index contributed by atoms with van der Waals surface area (Å²) in [5.74, 6) is 0. The van der Waals surface area contributed by atoms with Crippen molar-refractivity contribution in [1.82, 2.24) is 4.98 Å². The number of nitrogens with zero attached hydrogens (tertiary/aromatic N) is 1. The van der Waals surface area contributed by atoms with Crippen LogP contribution in [0.3, 0.4) is 0 Å². The van der Waals surface area contributed by atoms with Crippen LogP contribution in [0.25, 0.3) is 10.9 Å². The van der Waals surface area contributed by atoms with Crippen molar-refractivity contribution in [2.45, 2.75) is 25.7 Å². The van der Waals surface area contributed by atoms with Crippen LogP contribution in [-0.2, 0) is 12.8 Å². The van der Waals surface area contributed by atoms with Crippen molar-refractivity contribution in [1.29, 1.82) is 0 Å². The van der Waals surface area contributed by atoms with Gasteiger partial charge in [0.25, 0.3) is 0 Å². The molecule has 0 fully saturated rings. The van der Waals surface area contributed by atoms with Gasteiger partial charge in [0.15, 0.2) is 0 Å². The summed E-state index contributed by atoms with van der Waals surface area (Å²) in [4.78, 5) is 4.69. The first-order valence-electron chi connectivity index (χ1n) is 5.42.